The van der Waals surface area contributed by atoms with Gasteiger partial charge in [-0.3, -0.25) is 4.79 Å². The average molecular weight is 244 g/mol. The minimum Gasteiger partial charge on any atom is -0.481 e. The van der Waals surface area contributed by atoms with Gasteiger partial charge < -0.3 is 20.0 Å². The molecule has 1 saturated heterocycles. The van der Waals surface area contributed by atoms with Crippen molar-refractivity contribution >= 4 is 12.0 Å². The lowest BCUT2D eigenvalue weighted by Crippen LogP contribution is -2.45. The Hall–Kier alpha value is -1.30. The highest BCUT2D eigenvalue weighted by molar-refractivity contribution is 5.77. The largest absolute Gasteiger partial charge is 0.481 e. The number of carbonyl (C=O) groups is 2. The van der Waals surface area contributed by atoms with Gasteiger partial charge in [0.2, 0.25) is 0 Å². The lowest BCUT2D eigenvalue weighted by molar-refractivity contribution is -0.142. The van der Waals surface area contributed by atoms with E-state index in [4.69, 9.17) is 10.2 Å². The number of rotatable bonds is 3. The van der Waals surface area contributed by atoms with E-state index in [-0.39, 0.29) is 31.1 Å². The van der Waals surface area contributed by atoms with Crippen LogP contribution in [0.2, 0.25) is 0 Å². The summed E-state index contributed by atoms with van der Waals surface area (Å²) in [6.07, 6.45) is 0. The van der Waals surface area contributed by atoms with E-state index >= 15 is 0 Å². The van der Waals surface area contributed by atoms with Crippen molar-refractivity contribution in [3.8, 4) is 0 Å². The fourth-order valence-electron chi connectivity index (χ4n) is 1.98. The average Bonchev–Trinajstić information content (AvgIpc) is 2.68. The van der Waals surface area contributed by atoms with Gasteiger partial charge in [-0.1, -0.05) is 6.92 Å². The maximum absolute atomic E-state index is 12.0. The van der Waals surface area contributed by atoms with Crippen LogP contribution in [0.25, 0.3) is 0 Å². The number of likely N-dealkylation sites (N-methyl/N-ethyl adjacent to an activating group) is 1. The van der Waals surface area contributed by atoms with Crippen LogP contribution in [0.4, 0.5) is 4.79 Å². The monoisotopic (exact) mass is 244 g/mol. The molecule has 98 valence electrons. The first kappa shape index (κ1) is 13.8. The van der Waals surface area contributed by atoms with Gasteiger partial charge in [0.15, 0.2) is 0 Å². The third kappa shape index (κ3) is 2.88. The van der Waals surface area contributed by atoms with Gasteiger partial charge in [0, 0.05) is 20.1 Å². The Bertz CT molecular complexity index is 308. The van der Waals surface area contributed by atoms with Crippen LogP contribution in [0.15, 0.2) is 0 Å². The van der Waals surface area contributed by atoms with Crippen molar-refractivity contribution in [3.05, 3.63) is 0 Å². The second kappa shape index (κ2) is 5.35. The molecular formula is C11H20N2O4. The van der Waals surface area contributed by atoms with Gasteiger partial charge >= 0.3 is 12.0 Å². The van der Waals surface area contributed by atoms with Crippen LogP contribution in [-0.4, -0.2) is 64.8 Å². The van der Waals surface area contributed by atoms with Crippen LogP contribution in [0.1, 0.15) is 13.8 Å². The molecule has 1 fully saturated rings. The highest BCUT2D eigenvalue weighted by atomic mass is 16.4. The van der Waals surface area contributed by atoms with Crippen molar-refractivity contribution in [2.24, 2.45) is 11.8 Å². The van der Waals surface area contributed by atoms with Gasteiger partial charge in [-0.05, 0) is 12.8 Å². The van der Waals surface area contributed by atoms with Crippen molar-refractivity contribution in [3.63, 3.8) is 0 Å². The van der Waals surface area contributed by atoms with E-state index in [1.807, 2.05) is 6.92 Å². The molecule has 0 aromatic rings. The topological polar surface area (TPSA) is 81.1 Å². The Morgan fingerprint density at radius 2 is 2.06 bits per heavy atom. The second-order valence-electron chi connectivity index (χ2n) is 4.75. The van der Waals surface area contributed by atoms with Crippen molar-refractivity contribution in [1.82, 2.24) is 9.80 Å². The number of aliphatic hydroxyl groups is 1. The number of carboxylic acids is 1. The van der Waals surface area contributed by atoms with Gasteiger partial charge in [0.05, 0.1) is 18.6 Å². The minimum atomic E-state index is -0.856. The van der Waals surface area contributed by atoms with Crippen molar-refractivity contribution in [2.75, 3.05) is 26.7 Å². The highest BCUT2D eigenvalue weighted by Crippen LogP contribution is 2.24. The number of carbonyl (C=O) groups excluding carboxylic acids is 1. The third-order valence-corrected chi connectivity index (χ3v) is 3.43. The number of nitrogens with zero attached hydrogens (tertiary/aromatic N) is 2. The molecule has 3 atom stereocenters. The van der Waals surface area contributed by atoms with Crippen molar-refractivity contribution in [2.45, 2.75) is 19.9 Å². The van der Waals surface area contributed by atoms with E-state index in [0.717, 1.165) is 0 Å². The number of aliphatic hydroxyl groups excluding tert-OH is 1. The van der Waals surface area contributed by atoms with Crippen LogP contribution in [0.5, 0.6) is 0 Å². The molecule has 0 aromatic heterocycles. The normalized spacial score (nSPS) is 25.8. The number of carboxylic acid groups (broad SMARTS) is 1. The van der Waals surface area contributed by atoms with Crippen molar-refractivity contribution in [1.29, 1.82) is 0 Å². The summed E-state index contributed by atoms with van der Waals surface area (Å²) < 4.78 is 0. The Morgan fingerprint density at radius 1 is 1.47 bits per heavy atom. The maximum atomic E-state index is 12.0. The molecule has 2 N–H and O–H groups in total. The lowest BCUT2D eigenvalue weighted by atomic mass is 9.99. The Balaban J connectivity index is 2.64. The number of likely N-dealkylation sites (tertiary alicyclic amines) is 1. The van der Waals surface area contributed by atoms with E-state index < -0.39 is 11.9 Å². The molecule has 1 heterocycles. The van der Waals surface area contributed by atoms with E-state index in [0.29, 0.717) is 6.54 Å². The molecule has 1 rings (SSSR count). The summed E-state index contributed by atoms with van der Waals surface area (Å²) in [5, 5.41) is 18.0. The second-order valence-corrected chi connectivity index (χ2v) is 4.75. The molecular weight excluding hydrogens is 224 g/mol. The predicted octanol–water partition coefficient (Wildman–Crippen LogP) is 0.0715. The van der Waals surface area contributed by atoms with Crippen LogP contribution >= 0.6 is 0 Å². The Labute approximate surface area is 101 Å². The molecule has 2 amide bonds. The number of urea groups is 1. The molecule has 3 unspecified atom stereocenters. The summed E-state index contributed by atoms with van der Waals surface area (Å²) in [6, 6.07) is -0.483. The maximum Gasteiger partial charge on any atom is 0.320 e. The molecule has 0 bridgehead atoms. The molecule has 6 heteroatoms. The smallest absolute Gasteiger partial charge is 0.320 e. The standard InChI is InChI=1S/C11H20N2O4/c1-7-4-13(5-9(7)10(15)16)11(17)12(3)8(2)6-14/h7-9,14H,4-6H2,1-3H3,(H,15,16). The SMILES string of the molecule is CC1CN(C(=O)N(C)C(C)CO)CC1C(=O)O. The van der Waals surface area contributed by atoms with Gasteiger partial charge in [-0.2, -0.15) is 0 Å². The zero-order valence-corrected chi connectivity index (χ0v) is 10.5. The van der Waals surface area contributed by atoms with E-state index in [1.54, 1.807) is 14.0 Å². The Kier molecular flexibility index (Phi) is 4.34. The first-order valence-corrected chi connectivity index (χ1v) is 5.73. The van der Waals surface area contributed by atoms with E-state index in [2.05, 4.69) is 0 Å². The van der Waals surface area contributed by atoms with Gasteiger partial charge in [-0.25, -0.2) is 4.79 Å². The van der Waals surface area contributed by atoms with Gasteiger partial charge in [-0.15, -0.1) is 0 Å². The summed E-state index contributed by atoms with van der Waals surface area (Å²) in [5.74, 6) is -1.38. The van der Waals surface area contributed by atoms with Crippen LogP contribution < -0.4 is 0 Å². The molecule has 0 radical (unpaired) electrons. The first-order chi connectivity index (χ1) is 7.88. The van der Waals surface area contributed by atoms with Crippen molar-refractivity contribution < 1.29 is 19.8 Å². The molecule has 1 aliphatic rings. The summed E-state index contributed by atoms with van der Waals surface area (Å²) in [4.78, 5) is 25.9. The fourth-order valence-corrected chi connectivity index (χ4v) is 1.98. The van der Waals surface area contributed by atoms with Gasteiger partial charge in [0.25, 0.3) is 0 Å². The molecule has 0 saturated carbocycles. The minimum absolute atomic E-state index is 0.0331. The molecule has 0 aromatic carbocycles. The van der Waals surface area contributed by atoms with Crippen LogP contribution in [-0.2, 0) is 4.79 Å². The summed E-state index contributed by atoms with van der Waals surface area (Å²) in [6.45, 7) is 4.18. The zero-order valence-electron chi connectivity index (χ0n) is 10.5. The number of aliphatic carboxylic acids is 1. The summed E-state index contributed by atoms with van der Waals surface area (Å²) in [5.41, 5.74) is 0. The predicted molar refractivity (Wildman–Crippen MR) is 61.6 cm³/mol. The summed E-state index contributed by atoms with van der Waals surface area (Å²) in [7, 11) is 1.61. The highest BCUT2D eigenvalue weighted by Gasteiger charge is 2.38. The Morgan fingerprint density at radius 3 is 2.47 bits per heavy atom. The van der Waals surface area contributed by atoms with Gasteiger partial charge in [0.1, 0.15) is 0 Å². The molecule has 0 aliphatic carbocycles. The molecule has 6 nitrogen and oxygen atoms in total. The van der Waals surface area contributed by atoms with E-state index in [9.17, 15) is 9.59 Å². The quantitative estimate of drug-likeness (QED) is 0.736. The number of hydrogen-bond donors (Lipinski definition) is 2. The zero-order chi connectivity index (χ0) is 13.2. The third-order valence-electron chi connectivity index (χ3n) is 3.43. The molecule has 1 aliphatic heterocycles. The van der Waals surface area contributed by atoms with Crippen LogP contribution in [0.3, 0.4) is 0 Å². The fraction of sp³-hybridized carbons (Fsp3) is 0.818. The molecule has 0 spiro atoms. The van der Waals surface area contributed by atoms with Crippen LogP contribution in [0, 0.1) is 11.8 Å². The lowest BCUT2D eigenvalue weighted by Gasteiger charge is -2.28. The first-order valence-electron chi connectivity index (χ1n) is 5.73. The summed E-state index contributed by atoms with van der Waals surface area (Å²) >= 11 is 0. The van der Waals surface area contributed by atoms with E-state index in [1.165, 1.54) is 9.80 Å². The number of hydrogen-bond acceptors (Lipinski definition) is 3. The number of amides is 2. The molecule has 17 heavy (non-hydrogen) atoms.